The summed E-state index contributed by atoms with van der Waals surface area (Å²) in [5, 5.41) is 5.91. The number of nitrogens with zero attached hydrogens (tertiary/aromatic N) is 2. The quantitative estimate of drug-likeness (QED) is 0.672. The van der Waals surface area contributed by atoms with Crippen molar-refractivity contribution in [2.24, 2.45) is 11.8 Å². The Bertz CT molecular complexity index is 654. The number of morpholine rings is 1. The monoisotopic (exact) mass is 388 g/mol. The van der Waals surface area contributed by atoms with Crippen LogP contribution in [0.2, 0.25) is 0 Å². The maximum Gasteiger partial charge on any atom is 0.228 e. The normalized spacial score (nSPS) is 21.8. The van der Waals surface area contributed by atoms with Gasteiger partial charge in [0, 0.05) is 50.6 Å². The standard InChI is InChI=1S/C21H32N4O3/c1-3-25(4-2)17-7-5-16(6-8-17)23-21(27)19-15-18(19)20(26)22-9-10-24-11-13-28-14-12-24/h5-8,18-19H,3-4,9-15H2,1-2H3,(H,22,26)(H,23,27). The average Bonchev–Trinajstić information content (AvgIpc) is 3.52. The summed E-state index contributed by atoms with van der Waals surface area (Å²) in [6.07, 6.45) is 0.632. The van der Waals surface area contributed by atoms with Crippen molar-refractivity contribution in [3.05, 3.63) is 24.3 Å². The van der Waals surface area contributed by atoms with Crippen molar-refractivity contribution in [1.29, 1.82) is 0 Å². The molecule has 1 aliphatic carbocycles. The zero-order valence-electron chi connectivity index (χ0n) is 16.9. The van der Waals surface area contributed by atoms with Crippen LogP contribution in [0.15, 0.2) is 24.3 Å². The van der Waals surface area contributed by atoms with Crippen molar-refractivity contribution in [3.8, 4) is 0 Å². The summed E-state index contributed by atoms with van der Waals surface area (Å²) in [5.41, 5.74) is 1.92. The lowest BCUT2D eigenvalue weighted by Gasteiger charge is -2.26. The summed E-state index contributed by atoms with van der Waals surface area (Å²) in [5.74, 6) is -0.486. The lowest BCUT2D eigenvalue weighted by atomic mass is 10.2. The number of benzene rings is 1. The first kappa shape index (κ1) is 20.6. The molecule has 3 rings (SSSR count). The lowest BCUT2D eigenvalue weighted by molar-refractivity contribution is -0.125. The highest BCUT2D eigenvalue weighted by Crippen LogP contribution is 2.39. The number of ether oxygens (including phenoxy) is 1. The molecule has 28 heavy (non-hydrogen) atoms. The Morgan fingerprint density at radius 1 is 1.07 bits per heavy atom. The minimum Gasteiger partial charge on any atom is -0.379 e. The number of hydrogen-bond acceptors (Lipinski definition) is 5. The van der Waals surface area contributed by atoms with E-state index in [0.29, 0.717) is 13.0 Å². The Kier molecular flexibility index (Phi) is 7.28. The number of nitrogens with one attached hydrogen (secondary N) is 2. The van der Waals surface area contributed by atoms with E-state index in [1.54, 1.807) is 0 Å². The van der Waals surface area contributed by atoms with Gasteiger partial charge < -0.3 is 20.3 Å². The molecule has 7 nitrogen and oxygen atoms in total. The van der Waals surface area contributed by atoms with Crippen molar-refractivity contribution in [2.45, 2.75) is 20.3 Å². The first-order valence-corrected chi connectivity index (χ1v) is 10.4. The third-order valence-electron chi connectivity index (χ3n) is 5.56. The summed E-state index contributed by atoms with van der Waals surface area (Å²) < 4.78 is 5.32. The van der Waals surface area contributed by atoms with Crippen LogP contribution >= 0.6 is 0 Å². The third kappa shape index (κ3) is 5.45. The van der Waals surface area contributed by atoms with Crippen LogP contribution < -0.4 is 15.5 Å². The molecule has 2 fully saturated rings. The Balaban J connectivity index is 1.39. The van der Waals surface area contributed by atoms with Crippen LogP contribution in [0.5, 0.6) is 0 Å². The summed E-state index contributed by atoms with van der Waals surface area (Å²) in [6, 6.07) is 7.88. The van der Waals surface area contributed by atoms with Crippen LogP contribution in [0.1, 0.15) is 20.3 Å². The molecule has 2 atom stereocenters. The number of carbonyl (C=O) groups excluding carboxylic acids is 2. The molecular weight excluding hydrogens is 356 g/mol. The van der Waals surface area contributed by atoms with Gasteiger partial charge in [0.2, 0.25) is 11.8 Å². The van der Waals surface area contributed by atoms with E-state index < -0.39 is 0 Å². The summed E-state index contributed by atoms with van der Waals surface area (Å²) in [7, 11) is 0. The molecule has 2 N–H and O–H groups in total. The molecule has 154 valence electrons. The highest BCUT2D eigenvalue weighted by molar-refractivity contribution is 5.99. The smallest absolute Gasteiger partial charge is 0.228 e. The lowest BCUT2D eigenvalue weighted by Crippen LogP contribution is -2.41. The van der Waals surface area contributed by atoms with Gasteiger partial charge in [0.25, 0.3) is 0 Å². The first-order valence-electron chi connectivity index (χ1n) is 10.4. The van der Waals surface area contributed by atoms with E-state index in [2.05, 4.69) is 34.3 Å². The zero-order chi connectivity index (χ0) is 19.9. The van der Waals surface area contributed by atoms with Crippen LogP contribution in [0.3, 0.4) is 0 Å². The molecule has 0 aromatic heterocycles. The van der Waals surface area contributed by atoms with E-state index in [1.165, 1.54) is 0 Å². The molecule has 1 aliphatic heterocycles. The van der Waals surface area contributed by atoms with Gasteiger partial charge in [-0.15, -0.1) is 0 Å². The number of amides is 2. The molecule has 2 aliphatic rings. The fraction of sp³-hybridized carbons (Fsp3) is 0.619. The number of rotatable bonds is 9. The van der Waals surface area contributed by atoms with Crippen LogP contribution in [0.25, 0.3) is 0 Å². The highest BCUT2D eigenvalue weighted by Gasteiger charge is 2.47. The SMILES string of the molecule is CCN(CC)c1ccc(NC(=O)C2CC2C(=O)NCCN2CCOCC2)cc1. The molecular formula is C21H32N4O3. The Morgan fingerprint density at radius 2 is 1.71 bits per heavy atom. The van der Waals surface area contributed by atoms with E-state index in [4.69, 9.17) is 4.74 Å². The van der Waals surface area contributed by atoms with Crippen LogP contribution in [0.4, 0.5) is 11.4 Å². The molecule has 2 amide bonds. The van der Waals surface area contributed by atoms with Crippen molar-refractivity contribution in [3.63, 3.8) is 0 Å². The number of anilines is 2. The van der Waals surface area contributed by atoms with E-state index in [0.717, 1.165) is 57.3 Å². The second-order valence-electron chi connectivity index (χ2n) is 7.40. The number of hydrogen-bond donors (Lipinski definition) is 2. The van der Waals surface area contributed by atoms with Gasteiger partial charge in [-0.3, -0.25) is 14.5 Å². The molecule has 1 aromatic rings. The van der Waals surface area contributed by atoms with Gasteiger partial charge in [0.1, 0.15) is 0 Å². The minimum absolute atomic E-state index is 0.00899. The zero-order valence-corrected chi connectivity index (χ0v) is 16.9. The predicted octanol–water partition coefficient (Wildman–Crippen LogP) is 1.56. The van der Waals surface area contributed by atoms with Gasteiger partial charge in [0.15, 0.2) is 0 Å². The van der Waals surface area contributed by atoms with Crippen LogP contribution in [-0.4, -0.2) is 69.2 Å². The summed E-state index contributed by atoms with van der Waals surface area (Å²) in [6.45, 7) is 10.9. The molecule has 1 heterocycles. The van der Waals surface area contributed by atoms with Crippen molar-refractivity contribution in [2.75, 3.05) is 62.7 Å². The molecule has 0 spiro atoms. The van der Waals surface area contributed by atoms with E-state index in [1.807, 2.05) is 24.3 Å². The molecule has 0 radical (unpaired) electrons. The summed E-state index contributed by atoms with van der Waals surface area (Å²) in [4.78, 5) is 29.2. The van der Waals surface area contributed by atoms with Crippen LogP contribution in [-0.2, 0) is 14.3 Å². The third-order valence-corrected chi connectivity index (χ3v) is 5.56. The van der Waals surface area contributed by atoms with Gasteiger partial charge in [-0.05, 0) is 44.5 Å². The summed E-state index contributed by atoms with van der Waals surface area (Å²) >= 11 is 0. The second kappa shape index (κ2) is 9.89. The Hall–Kier alpha value is -2.12. The molecule has 1 saturated carbocycles. The molecule has 2 unspecified atom stereocenters. The van der Waals surface area contributed by atoms with E-state index in [9.17, 15) is 9.59 Å². The fourth-order valence-corrected chi connectivity index (χ4v) is 3.65. The Morgan fingerprint density at radius 3 is 2.36 bits per heavy atom. The van der Waals surface area contributed by atoms with Crippen LogP contribution in [0, 0.1) is 11.8 Å². The van der Waals surface area contributed by atoms with Gasteiger partial charge in [-0.25, -0.2) is 0 Å². The first-order chi connectivity index (χ1) is 13.6. The predicted molar refractivity (Wildman–Crippen MR) is 110 cm³/mol. The molecule has 0 bridgehead atoms. The number of carbonyl (C=O) groups is 2. The van der Waals surface area contributed by atoms with E-state index in [-0.39, 0.29) is 23.7 Å². The van der Waals surface area contributed by atoms with Gasteiger partial charge in [0.05, 0.1) is 25.0 Å². The molecule has 7 heteroatoms. The van der Waals surface area contributed by atoms with Crippen molar-refractivity contribution >= 4 is 23.2 Å². The van der Waals surface area contributed by atoms with Crippen molar-refractivity contribution in [1.82, 2.24) is 10.2 Å². The average molecular weight is 389 g/mol. The second-order valence-corrected chi connectivity index (χ2v) is 7.40. The maximum absolute atomic E-state index is 12.4. The van der Waals surface area contributed by atoms with Crippen molar-refractivity contribution < 1.29 is 14.3 Å². The van der Waals surface area contributed by atoms with E-state index >= 15 is 0 Å². The maximum atomic E-state index is 12.4. The molecule has 1 saturated heterocycles. The van der Waals surface area contributed by atoms with Gasteiger partial charge in [-0.2, -0.15) is 0 Å². The van der Waals surface area contributed by atoms with Gasteiger partial charge >= 0.3 is 0 Å². The fourth-order valence-electron chi connectivity index (χ4n) is 3.65. The Labute approximate surface area is 167 Å². The minimum atomic E-state index is -0.217. The topological polar surface area (TPSA) is 73.9 Å². The largest absolute Gasteiger partial charge is 0.379 e. The highest BCUT2D eigenvalue weighted by atomic mass is 16.5. The molecule has 1 aromatic carbocycles. The van der Waals surface area contributed by atoms with Gasteiger partial charge in [-0.1, -0.05) is 0 Å².